The fourth-order valence-corrected chi connectivity index (χ4v) is 3.14. The smallest absolute Gasteiger partial charge is 0.350 e. The highest BCUT2D eigenvalue weighted by molar-refractivity contribution is 5.77. The molecule has 126 valence electrons. The Bertz CT molecular complexity index is 894. The van der Waals surface area contributed by atoms with Crippen molar-refractivity contribution in [3.63, 3.8) is 0 Å². The molecule has 2 aromatic rings. The average Bonchev–Trinajstić information content (AvgIpc) is 2.47. The molecule has 0 aliphatic carbocycles. The monoisotopic (exact) mass is 338 g/mol. The molecule has 3 rings (SSSR count). The molecule has 2 N–H and O–H groups in total. The van der Waals surface area contributed by atoms with Gasteiger partial charge in [-0.1, -0.05) is 11.6 Å². The Hall–Kier alpha value is -2.57. The lowest BCUT2D eigenvalue weighted by Gasteiger charge is -2.40. The van der Waals surface area contributed by atoms with E-state index in [0.717, 1.165) is 24.4 Å². The standard InChI is InChI=1S/C17H14F4N2O/c1-9(2)8-16(17(19,20)21)11-5-6-22-15(24)14(11)23-13-4-3-10(18)7-12(13)16/h3-8,23H,1-2H3,(H,22,24). The third-order valence-corrected chi connectivity index (χ3v) is 4.00. The molecule has 3 nitrogen and oxygen atoms in total. The molecule has 0 radical (unpaired) electrons. The second kappa shape index (κ2) is 5.22. The fraction of sp³-hybridized carbons (Fsp3) is 0.235. The zero-order chi connectivity index (χ0) is 17.7. The molecule has 7 heteroatoms. The predicted octanol–water partition coefficient (Wildman–Crippen LogP) is 4.39. The highest BCUT2D eigenvalue weighted by Crippen LogP contribution is 2.54. The van der Waals surface area contributed by atoms with Crippen LogP contribution in [-0.4, -0.2) is 11.2 Å². The van der Waals surface area contributed by atoms with E-state index < -0.39 is 23.0 Å². The van der Waals surface area contributed by atoms with Crippen LogP contribution in [0, 0.1) is 5.82 Å². The van der Waals surface area contributed by atoms with Crippen molar-refractivity contribution in [3.05, 3.63) is 69.4 Å². The largest absolute Gasteiger partial charge is 0.405 e. The van der Waals surface area contributed by atoms with Crippen molar-refractivity contribution in [2.45, 2.75) is 25.4 Å². The van der Waals surface area contributed by atoms with Gasteiger partial charge in [0.25, 0.3) is 5.56 Å². The molecule has 0 saturated heterocycles. The number of H-pyrrole nitrogens is 1. The summed E-state index contributed by atoms with van der Waals surface area (Å²) >= 11 is 0. The molecule has 24 heavy (non-hydrogen) atoms. The van der Waals surface area contributed by atoms with Gasteiger partial charge in [-0.15, -0.1) is 0 Å². The molecule has 1 aromatic carbocycles. The van der Waals surface area contributed by atoms with Gasteiger partial charge in [0.1, 0.15) is 16.9 Å². The first-order valence-electron chi connectivity index (χ1n) is 7.19. The number of aromatic amines is 1. The highest BCUT2D eigenvalue weighted by atomic mass is 19.4. The quantitative estimate of drug-likeness (QED) is 0.598. The number of pyridine rings is 1. The van der Waals surface area contributed by atoms with Crippen molar-refractivity contribution in [3.8, 4) is 0 Å². The first kappa shape index (κ1) is 16.3. The van der Waals surface area contributed by atoms with Gasteiger partial charge in [-0.25, -0.2) is 4.39 Å². The molecule has 0 bridgehead atoms. The highest BCUT2D eigenvalue weighted by Gasteiger charge is 2.59. The number of hydrogen-bond acceptors (Lipinski definition) is 2. The van der Waals surface area contributed by atoms with Crippen molar-refractivity contribution in [1.29, 1.82) is 0 Å². The van der Waals surface area contributed by atoms with Crippen LogP contribution in [0.15, 0.2) is 46.9 Å². The number of rotatable bonds is 1. The van der Waals surface area contributed by atoms with Gasteiger partial charge >= 0.3 is 6.18 Å². The molecule has 1 aliphatic heterocycles. The van der Waals surface area contributed by atoms with Gasteiger partial charge < -0.3 is 10.3 Å². The zero-order valence-electron chi connectivity index (χ0n) is 12.9. The van der Waals surface area contributed by atoms with Crippen LogP contribution in [0.4, 0.5) is 28.9 Å². The molecular weight excluding hydrogens is 324 g/mol. The van der Waals surface area contributed by atoms with E-state index in [0.29, 0.717) is 5.57 Å². The van der Waals surface area contributed by atoms with Crippen LogP contribution in [0.1, 0.15) is 25.0 Å². The van der Waals surface area contributed by atoms with Gasteiger partial charge in [0.05, 0.1) is 0 Å². The first-order valence-corrected chi connectivity index (χ1v) is 7.19. The molecular formula is C17H14F4N2O. The number of hydrogen-bond donors (Lipinski definition) is 2. The van der Waals surface area contributed by atoms with Crippen LogP contribution in [0.5, 0.6) is 0 Å². The van der Waals surface area contributed by atoms with Crippen molar-refractivity contribution in [2.24, 2.45) is 0 Å². The molecule has 0 saturated carbocycles. The summed E-state index contributed by atoms with van der Waals surface area (Å²) in [6, 6.07) is 4.32. The van der Waals surface area contributed by atoms with Crippen molar-refractivity contribution in [2.75, 3.05) is 5.32 Å². The molecule has 0 amide bonds. The summed E-state index contributed by atoms with van der Waals surface area (Å²) < 4.78 is 56.5. The van der Waals surface area contributed by atoms with E-state index in [4.69, 9.17) is 0 Å². The summed E-state index contributed by atoms with van der Waals surface area (Å²) in [5.74, 6) is -0.778. The maximum atomic E-state index is 14.3. The Morgan fingerprint density at radius 2 is 1.88 bits per heavy atom. The molecule has 0 spiro atoms. The predicted molar refractivity (Wildman–Crippen MR) is 83.0 cm³/mol. The number of fused-ring (bicyclic) bond motifs is 2. The summed E-state index contributed by atoms with van der Waals surface area (Å²) in [5, 5.41) is 2.70. The lowest BCUT2D eigenvalue weighted by molar-refractivity contribution is -0.164. The van der Waals surface area contributed by atoms with Crippen molar-refractivity contribution < 1.29 is 17.6 Å². The minimum atomic E-state index is -4.77. The van der Waals surface area contributed by atoms with E-state index in [1.807, 2.05) is 0 Å². The maximum absolute atomic E-state index is 14.3. The van der Waals surface area contributed by atoms with E-state index in [1.165, 1.54) is 26.0 Å². The van der Waals surface area contributed by atoms with Gasteiger partial charge in [0.2, 0.25) is 0 Å². The Morgan fingerprint density at radius 1 is 1.17 bits per heavy atom. The Morgan fingerprint density at radius 3 is 2.50 bits per heavy atom. The van der Waals surface area contributed by atoms with Gasteiger partial charge in [-0.3, -0.25) is 4.79 Å². The lowest BCUT2D eigenvalue weighted by atomic mass is 9.70. The third-order valence-electron chi connectivity index (χ3n) is 4.00. The number of halogens is 4. The van der Waals surface area contributed by atoms with Crippen molar-refractivity contribution in [1.82, 2.24) is 4.98 Å². The molecule has 2 heterocycles. The van der Waals surface area contributed by atoms with Crippen LogP contribution in [0.2, 0.25) is 0 Å². The summed E-state index contributed by atoms with van der Waals surface area (Å²) in [4.78, 5) is 14.4. The summed E-state index contributed by atoms with van der Waals surface area (Å²) in [7, 11) is 0. The number of alkyl halides is 3. The van der Waals surface area contributed by atoms with Gasteiger partial charge in [0.15, 0.2) is 0 Å². The normalized spacial score (nSPS) is 19.1. The second-order valence-electron chi connectivity index (χ2n) is 5.94. The first-order chi connectivity index (χ1) is 11.2. The van der Waals surface area contributed by atoms with Gasteiger partial charge in [-0.05, 0) is 38.1 Å². The minimum Gasteiger partial charge on any atom is -0.350 e. The Labute approximate surface area is 135 Å². The molecule has 1 atom stereocenters. The van der Waals surface area contributed by atoms with Crippen LogP contribution < -0.4 is 10.9 Å². The number of anilines is 2. The average molecular weight is 338 g/mol. The van der Waals surface area contributed by atoms with Crippen LogP contribution in [0.3, 0.4) is 0 Å². The summed E-state index contributed by atoms with van der Waals surface area (Å²) in [5.41, 5.74) is -3.53. The fourth-order valence-electron chi connectivity index (χ4n) is 3.14. The summed E-state index contributed by atoms with van der Waals surface area (Å²) in [6.07, 6.45) is -2.58. The Balaban J connectivity index is 2.52. The number of allylic oxidation sites excluding steroid dienone is 2. The summed E-state index contributed by atoms with van der Waals surface area (Å²) in [6.45, 7) is 3.06. The van der Waals surface area contributed by atoms with E-state index in [1.54, 1.807) is 0 Å². The number of aromatic nitrogens is 1. The SMILES string of the molecule is CC(C)=CC1(C(F)(F)F)c2cc(F)ccc2Nc2c1cc[nH]c2=O. The minimum absolute atomic E-state index is 0.0513. The van der Waals surface area contributed by atoms with E-state index in [2.05, 4.69) is 10.3 Å². The zero-order valence-corrected chi connectivity index (χ0v) is 12.9. The van der Waals surface area contributed by atoms with Crippen LogP contribution in [-0.2, 0) is 5.41 Å². The topological polar surface area (TPSA) is 44.9 Å². The van der Waals surface area contributed by atoms with E-state index in [-0.39, 0.29) is 22.5 Å². The molecule has 0 fully saturated rings. The second-order valence-corrected chi connectivity index (χ2v) is 5.94. The van der Waals surface area contributed by atoms with Crippen LogP contribution >= 0.6 is 0 Å². The van der Waals surface area contributed by atoms with E-state index in [9.17, 15) is 22.4 Å². The van der Waals surface area contributed by atoms with Gasteiger partial charge in [-0.2, -0.15) is 13.2 Å². The lowest BCUT2D eigenvalue weighted by Crippen LogP contribution is -2.46. The number of benzene rings is 1. The van der Waals surface area contributed by atoms with E-state index >= 15 is 0 Å². The third kappa shape index (κ3) is 2.23. The van der Waals surface area contributed by atoms with Gasteiger partial charge in [0, 0.05) is 23.0 Å². The maximum Gasteiger partial charge on any atom is 0.405 e. The molecule has 1 aliphatic rings. The van der Waals surface area contributed by atoms with Crippen molar-refractivity contribution >= 4 is 11.4 Å². The molecule has 1 unspecified atom stereocenters. The number of nitrogens with one attached hydrogen (secondary N) is 2. The Kier molecular flexibility index (Phi) is 3.55. The van der Waals surface area contributed by atoms with Crippen LogP contribution in [0.25, 0.3) is 0 Å². The molecule has 1 aromatic heterocycles.